The Morgan fingerprint density at radius 1 is 1.04 bits per heavy atom. The number of ether oxygens (including phenoxy) is 1. The predicted molar refractivity (Wildman–Crippen MR) is 117 cm³/mol. The molecule has 1 N–H and O–H groups in total. The Bertz CT molecular complexity index is 738. The van der Waals surface area contributed by atoms with E-state index in [1.807, 2.05) is 45.3 Å². The first-order valence-corrected chi connectivity index (χ1v) is 10.1. The minimum absolute atomic E-state index is 0.168. The molecule has 4 heteroatoms. The van der Waals surface area contributed by atoms with Crippen molar-refractivity contribution in [2.45, 2.75) is 39.2 Å². The molecule has 1 unspecified atom stereocenters. The molecule has 152 valence electrons. The molecule has 0 aliphatic heterocycles. The molecule has 0 saturated carbocycles. The topological polar surface area (TPSA) is 41.6 Å². The second kappa shape index (κ2) is 10.4. The van der Waals surface area contributed by atoms with Gasteiger partial charge in [0, 0.05) is 24.4 Å². The van der Waals surface area contributed by atoms with Crippen molar-refractivity contribution < 1.29 is 9.53 Å². The zero-order valence-electron chi connectivity index (χ0n) is 17.9. The van der Waals surface area contributed by atoms with Crippen molar-refractivity contribution >= 4 is 11.5 Å². The summed E-state index contributed by atoms with van der Waals surface area (Å²) < 4.78 is 5.34. The van der Waals surface area contributed by atoms with E-state index >= 15 is 0 Å². The molecule has 0 fully saturated rings. The normalized spacial score (nSPS) is 13.4. The van der Waals surface area contributed by atoms with E-state index in [0.29, 0.717) is 13.0 Å². The SMILES string of the molecule is CCOCCNc1ccc(C(=O)C(CC)(Cc2ccc(C)cc2)N(C)C)cc1. The summed E-state index contributed by atoms with van der Waals surface area (Å²) >= 11 is 0. The van der Waals surface area contributed by atoms with Gasteiger partial charge in [-0.15, -0.1) is 0 Å². The highest BCUT2D eigenvalue weighted by molar-refractivity contribution is 6.03. The van der Waals surface area contributed by atoms with Gasteiger partial charge in [0.15, 0.2) is 5.78 Å². The Morgan fingerprint density at radius 2 is 1.68 bits per heavy atom. The summed E-state index contributed by atoms with van der Waals surface area (Å²) in [7, 11) is 4.00. The fraction of sp³-hybridized carbons (Fsp3) is 0.458. The van der Waals surface area contributed by atoms with Crippen LogP contribution in [0.4, 0.5) is 5.69 Å². The van der Waals surface area contributed by atoms with E-state index in [4.69, 9.17) is 4.74 Å². The molecule has 2 aromatic rings. The molecule has 28 heavy (non-hydrogen) atoms. The average molecular weight is 383 g/mol. The maximum absolute atomic E-state index is 13.5. The summed E-state index contributed by atoms with van der Waals surface area (Å²) in [5.41, 5.74) is 3.61. The van der Waals surface area contributed by atoms with Gasteiger partial charge >= 0.3 is 0 Å². The van der Waals surface area contributed by atoms with E-state index in [1.165, 1.54) is 11.1 Å². The van der Waals surface area contributed by atoms with Crippen molar-refractivity contribution in [2.24, 2.45) is 0 Å². The number of benzene rings is 2. The van der Waals surface area contributed by atoms with E-state index in [2.05, 4.69) is 48.3 Å². The average Bonchev–Trinajstić information content (AvgIpc) is 2.70. The second-order valence-electron chi connectivity index (χ2n) is 7.47. The number of Topliss-reactive ketones (excluding diaryl/α,β-unsaturated/α-hetero) is 1. The Kier molecular flexibility index (Phi) is 8.21. The smallest absolute Gasteiger partial charge is 0.183 e. The van der Waals surface area contributed by atoms with Crippen LogP contribution < -0.4 is 5.32 Å². The van der Waals surface area contributed by atoms with Crippen LogP contribution in [0, 0.1) is 6.92 Å². The minimum atomic E-state index is -0.556. The first kappa shape index (κ1) is 22.1. The largest absolute Gasteiger partial charge is 0.383 e. The van der Waals surface area contributed by atoms with Gasteiger partial charge in [0.1, 0.15) is 0 Å². The van der Waals surface area contributed by atoms with E-state index in [-0.39, 0.29) is 5.78 Å². The van der Waals surface area contributed by atoms with Crippen LogP contribution in [-0.2, 0) is 11.2 Å². The van der Waals surface area contributed by atoms with Crippen molar-refractivity contribution in [2.75, 3.05) is 39.2 Å². The van der Waals surface area contributed by atoms with E-state index in [9.17, 15) is 4.79 Å². The monoisotopic (exact) mass is 382 g/mol. The molecule has 0 amide bonds. The van der Waals surface area contributed by atoms with Gasteiger partial charge in [0.2, 0.25) is 0 Å². The van der Waals surface area contributed by atoms with Crippen molar-refractivity contribution in [3.8, 4) is 0 Å². The van der Waals surface area contributed by atoms with E-state index in [0.717, 1.165) is 30.8 Å². The lowest BCUT2D eigenvalue weighted by Gasteiger charge is -2.38. The van der Waals surface area contributed by atoms with Crippen LogP contribution >= 0.6 is 0 Å². The van der Waals surface area contributed by atoms with E-state index in [1.54, 1.807) is 0 Å². The Hall–Kier alpha value is -2.17. The van der Waals surface area contributed by atoms with Gasteiger partial charge in [-0.25, -0.2) is 0 Å². The quantitative estimate of drug-likeness (QED) is 0.456. The van der Waals surface area contributed by atoms with Crippen LogP contribution in [0.1, 0.15) is 41.8 Å². The summed E-state index contributed by atoms with van der Waals surface area (Å²) in [6.45, 7) is 8.31. The number of nitrogens with zero attached hydrogens (tertiary/aromatic N) is 1. The molecule has 0 aliphatic carbocycles. The van der Waals surface area contributed by atoms with Crippen LogP contribution in [0.25, 0.3) is 0 Å². The molecule has 0 aromatic heterocycles. The number of rotatable bonds is 11. The molecule has 0 aliphatic rings. The van der Waals surface area contributed by atoms with Crippen LogP contribution in [0.3, 0.4) is 0 Å². The molecule has 0 heterocycles. The summed E-state index contributed by atoms with van der Waals surface area (Å²) in [4.78, 5) is 15.6. The van der Waals surface area contributed by atoms with Crippen LogP contribution in [-0.4, -0.2) is 50.1 Å². The number of hydrogen-bond acceptors (Lipinski definition) is 4. The third-order valence-corrected chi connectivity index (χ3v) is 5.41. The number of carbonyl (C=O) groups excluding carboxylic acids is 1. The van der Waals surface area contributed by atoms with Gasteiger partial charge < -0.3 is 10.1 Å². The lowest BCUT2D eigenvalue weighted by Crippen LogP contribution is -2.52. The third-order valence-electron chi connectivity index (χ3n) is 5.41. The summed E-state index contributed by atoms with van der Waals surface area (Å²) in [5.74, 6) is 0.168. The molecular formula is C24H34N2O2. The molecule has 0 saturated heterocycles. The van der Waals surface area contributed by atoms with Gasteiger partial charge in [0.25, 0.3) is 0 Å². The minimum Gasteiger partial charge on any atom is -0.383 e. The maximum atomic E-state index is 13.5. The molecule has 2 rings (SSSR count). The first-order valence-electron chi connectivity index (χ1n) is 10.1. The zero-order chi connectivity index (χ0) is 20.6. The fourth-order valence-corrected chi connectivity index (χ4v) is 3.51. The lowest BCUT2D eigenvalue weighted by molar-refractivity contribution is 0.0666. The zero-order valence-corrected chi connectivity index (χ0v) is 17.9. The fourth-order valence-electron chi connectivity index (χ4n) is 3.51. The van der Waals surface area contributed by atoms with Gasteiger partial charge in [0.05, 0.1) is 12.1 Å². The standard InChI is InChI=1S/C24H34N2O2/c1-6-24(26(4)5,18-20-10-8-19(3)9-11-20)23(27)21-12-14-22(15-13-21)25-16-17-28-7-2/h8-15,25H,6-7,16-18H2,1-5H3. The number of nitrogens with one attached hydrogen (secondary N) is 1. The third kappa shape index (κ3) is 5.43. The lowest BCUT2D eigenvalue weighted by atomic mass is 9.80. The molecular weight excluding hydrogens is 348 g/mol. The van der Waals surface area contributed by atoms with Crippen LogP contribution in [0.15, 0.2) is 48.5 Å². The van der Waals surface area contributed by atoms with Gasteiger partial charge in [-0.1, -0.05) is 36.8 Å². The molecule has 0 spiro atoms. The molecule has 4 nitrogen and oxygen atoms in total. The van der Waals surface area contributed by atoms with Gasteiger partial charge in [-0.05, 0) is 70.6 Å². The van der Waals surface area contributed by atoms with Crippen molar-refractivity contribution in [3.05, 3.63) is 65.2 Å². The number of likely N-dealkylation sites (N-methyl/N-ethyl adjacent to an activating group) is 1. The number of hydrogen-bond donors (Lipinski definition) is 1. The highest BCUT2D eigenvalue weighted by atomic mass is 16.5. The molecule has 1 atom stereocenters. The van der Waals surface area contributed by atoms with Crippen LogP contribution in [0.5, 0.6) is 0 Å². The highest BCUT2D eigenvalue weighted by Crippen LogP contribution is 2.28. The number of carbonyl (C=O) groups is 1. The maximum Gasteiger partial charge on any atom is 0.183 e. The summed E-state index contributed by atoms with van der Waals surface area (Å²) in [6.07, 6.45) is 1.45. The summed E-state index contributed by atoms with van der Waals surface area (Å²) in [6, 6.07) is 16.3. The Balaban J connectivity index is 2.19. The van der Waals surface area contributed by atoms with Crippen LogP contribution in [0.2, 0.25) is 0 Å². The molecule has 2 aromatic carbocycles. The van der Waals surface area contributed by atoms with Crippen molar-refractivity contribution in [3.63, 3.8) is 0 Å². The van der Waals surface area contributed by atoms with E-state index < -0.39 is 5.54 Å². The second-order valence-corrected chi connectivity index (χ2v) is 7.47. The Labute approximate surface area is 169 Å². The number of ketones is 1. The Morgan fingerprint density at radius 3 is 2.21 bits per heavy atom. The van der Waals surface area contributed by atoms with Crippen molar-refractivity contribution in [1.29, 1.82) is 0 Å². The highest BCUT2D eigenvalue weighted by Gasteiger charge is 2.39. The molecule has 0 bridgehead atoms. The predicted octanol–water partition coefficient (Wildman–Crippen LogP) is 4.58. The van der Waals surface area contributed by atoms with Gasteiger partial charge in [-0.2, -0.15) is 0 Å². The number of anilines is 1. The summed E-state index contributed by atoms with van der Waals surface area (Å²) in [5, 5.41) is 3.32. The van der Waals surface area contributed by atoms with Crippen molar-refractivity contribution in [1.82, 2.24) is 4.90 Å². The van der Waals surface area contributed by atoms with Gasteiger partial charge in [-0.3, -0.25) is 9.69 Å². The first-order chi connectivity index (χ1) is 13.4. The molecule has 0 radical (unpaired) electrons. The number of aryl methyl sites for hydroxylation is 1.